The number of carbonyl (C=O) groups is 1. The molecule has 3 aliphatic rings. The molecular weight excluding hydrogens is 216 g/mol. The zero-order valence-corrected chi connectivity index (χ0v) is 11.1. The van der Waals surface area contributed by atoms with Gasteiger partial charge in [0.2, 0.25) is 0 Å². The summed E-state index contributed by atoms with van der Waals surface area (Å²) in [4.78, 5) is 11.6. The van der Waals surface area contributed by atoms with E-state index in [1.807, 2.05) is 20.8 Å². The predicted octanol–water partition coefficient (Wildman–Crippen LogP) is 1.89. The molecule has 1 atom stereocenters. The number of hydrogen-bond donors (Lipinski definition) is 2. The summed E-state index contributed by atoms with van der Waals surface area (Å²) < 4.78 is 5.23. The zero-order chi connectivity index (χ0) is 12.7. The molecule has 0 saturated heterocycles. The van der Waals surface area contributed by atoms with Crippen LogP contribution in [-0.2, 0) is 4.74 Å². The molecule has 4 nitrogen and oxygen atoms in total. The van der Waals surface area contributed by atoms with E-state index in [-0.39, 0.29) is 6.09 Å². The molecule has 17 heavy (non-hydrogen) atoms. The first kappa shape index (κ1) is 12.7. The Hall–Kier alpha value is -0.770. The number of nitrogens with one attached hydrogen (secondary N) is 1. The van der Waals surface area contributed by atoms with Crippen molar-refractivity contribution in [1.82, 2.24) is 5.32 Å². The highest BCUT2D eigenvalue weighted by atomic mass is 16.6. The molecule has 4 heteroatoms. The van der Waals surface area contributed by atoms with Gasteiger partial charge >= 0.3 is 6.09 Å². The van der Waals surface area contributed by atoms with E-state index in [0.717, 1.165) is 12.5 Å². The van der Waals surface area contributed by atoms with E-state index in [1.165, 1.54) is 19.3 Å². The Kier molecular flexibility index (Phi) is 3.10. The Morgan fingerprint density at radius 2 is 2.12 bits per heavy atom. The second-order valence-electron chi connectivity index (χ2n) is 6.66. The maximum atomic E-state index is 11.6. The average molecular weight is 240 g/mol. The lowest BCUT2D eigenvalue weighted by atomic mass is 9.67. The van der Waals surface area contributed by atoms with E-state index in [4.69, 9.17) is 10.5 Å². The van der Waals surface area contributed by atoms with Crippen LogP contribution in [0.25, 0.3) is 0 Å². The number of nitrogens with two attached hydrogens (primary N) is 1. The fraction of sp³-hybridized carbons (Fsp3) is 0.923. The van der Waals surface area contributed by atoms with Crippen LogP contribution in [-0.4, -0.2) is 24.8 Å². The van der Waals surface area contributed by atoms with Gasteiger partial charge in [-0.1, -0.05) is 0 Å². The molecule has 0 radical (unpaired) electrons. The number of amides is 1. The highest BCUT2D eigenvalue weighted by Gasteiger charge is 2.55. The molecule has 0 aromatic rings. The minimum Gasteiger partial charge on any atom is -0.444 e. The van der Waals surface area contributed by atoms with Gasteiger partial charge < -0.3 is 15.8 Å². The van der Waals surface area contributed by atoms with Crippen LogP contribution >= 0.6 is 0 Å². The molecule has 0 heterocycles. The molecule has 3 saturated carbocycles. The van der Waals surface area contributed by atoms with Crippen molar-refractivity contribution in [2.45, 2.75) is 45.6 Å². The van der Waals surface area contributed by atoms with Crippen molar-refractivity contribution in [2.75, 3.05) is 13.1 Å². The van der Waals surface area contributed by atoms with E-state index < -0.39 is 5.60 Å². The first-order valence-corrected chi connectivity index (χ1v) is 6.51. The Morgan fingerprint density at radius 3 is 2.65 bits per heavy atom. The first-order chi connectivity index (χ1) is 7.85. The summed E-state index contributed by atoms with van der Waals surface area (Å²) in [5.41, 5.74) is 5.76. The lowest BCUT2D eigenvalue weighted by molar-refractivity contribution is 0.0495. The zero-order valence-electron chi connectivity index (χ0n) is 11.1. The topological polar surface area (TPSA) is 64.3 Å². The first-order valence-electron chi connectivity index (χ1n) is 6.51. The van der Waals surface area contributed by atoms with Gasteiger partial charge in [0, 0.05) is 6.54 Å². The molecule has 0 spiro atoms. The van der Waals surface area contributed by atoms with E-state index >= 15 is 0 Å². The fourth-order valence-electron chi connectivity index (χ4n) is 3.40. The SMILES string of the molecule is CC(C)(C)OC(=O)NCC1CC2CC1(CN)C2. The summed E-state index contributed by atoms with van der Waals surface area (Å²) in [6.07, 6.45) is 3.41. The van der Waals surface area contributed by atoms with Crippen LogP contribution < -0.4 is 11.1 Å². The van der Waals surface area contributed by atoms with Crippen LogP contribution in [0.3, 0.4) is 0 Å². The smallest absolute Gasteiger partial charge is 0.407 e. The van der Waals surface area contributed by atoms with E-state index in [2.05, 4.69) is 5.32 Å². The molecule has 2 bridgehead atoms. The van der Waals surface area contributed by atoms with Crippen molar-refractivity contribution in [3.05, 3.63) is 0 Å². The fourth-order valence-corrected chi connectivity index (χ4v) is 3.40. The van der Waals surface area contributed by atoms with Crippen molar-refractivity contribution in [3.63, 3.8) is 0 Å². The summed E-state index contributed by atoms with van der Waals surface area (Å²) in [6.45, 7) is 7.09. The lowest BCUT2D eigenvalue weighted by Crippen LogP contribution is -2.44. The van der Waals surface area contributed by atoms with Crippen molar-refractivity contribution < 1.29 is 9.53 Å². The maximum absolute atomic E-state index is 11.6. The van der Waals surface area contributed by atoms with Crippen molar-refractivity contribution in [2.24, 2.45) is 23.0 Å². The highest BCUT2D eigenvalue weighted by Crippen LogP contribution is 2.61. The standard InChI is InChI=1S/C13H24N2O2/c1-12(2,3)17-11(16)15-7-10-4-9-5-13(10,6-9)8-14/h9-10H,4-8,14H2,1-3H3,(H,15,16). The molecule has 3 rings (SSSR count). The number of fused-ring (bicyclic) bond motifs is 1. The quantitative estimate of drug-likeness (QED) is 0.791. The summed E-state index contributed by atoms with van der Waals surface area (Å²) in [5.74, 6) is 1.40. The van der Waals surface area contributed by atoms with E-state index in [9.17, 15) is 4.79 Å². The molecule has 3 aliphatic carbocycles. The molecule has 0 aromatic carbocycles. The summed E-state index contributed by atoms with van der Waals surface area (Å²) in [6, 6.07) is 0. The van der Waals surface area contributed by atoms with Gasteiger partial charge in [-0.05, 0) is 63.8 Å². The number of alkyl carbamates (subject to hydrolysis) is 1. The third kappa shape index (κ3) is 2.57. The van der Waals surface area contributed by atoms with Gasteiger partial charge in [0.05, 0.1) is 0 Å². The third-order valence-corrected chi connectivity index (χ3v) is 4.17. The number of rotatable bonds is 3. The Bertz CT molecular complexity index is 303. The van der Waals surface area contributed by atoms with Gasteiger partial charge in [-0.15, -0.1) is 0 Å². The summed E-state index contributed by atoms with van der Waals surface area (Å²) in [7, 11) is 0. The van der Waals surface area contributed by atoms with Gasteiger partial charge in [-0.2, -0.15) is 0 Å². The monoisotopic (exact) mass is 240 g/mol. The number of ether oxygens (including phenoxy) is 1. The molecule has 1 unspecified atom stereocenters. The largest absolute Gasteiger partial charge is 0.444 e. The van der Waals surface area contributed by atoms with Crippen LogP contribution in [0.15, 0.2) is 0 Å². The molecule has 0 aromatic heterocycles. The second kappa shape index (κ2) is 4.16. The maximum Gasteiger partial charge on any atom is 0.407 e. The Balaban J connectivity index is 1.78. The van der Waals surface area contributed by atoms with E-state index in [0.29, 0.717) is 17.9 Å². The van der Waals surface area contributed by atoms with Crippen molar-refractivity contribution in [3.8, 4) is 0 Å². The highest BCUT2D eigenvalue weighted by molar-refractivity contribution is 5.67. The van der Waals surface area contributed by atoms with Crippen LogP contribution in [0.2, 0.25) is 0 Å². The Morgan fingerprint density at radius 1 is 1.47 bits per heavy atom. The van der Waals surface area contributed by atoms with Crippen molar-refractivity contribution >= 4 is 6.09 Å². The van der Waals surface area contributed by atoms with Gasteiger partial charge in [-0.3, -0.25) is 0 Å². The summed E-state index contributed by atoms with van der Waals surface area (Å²) >= 11 is 0. The van der Waals surface area contributed by atoms with Gasteiger partial charge in [0.25, 0.3) is 0 Å². The molecular formula is C13H24N2O2. The van der Waals surface area contributed by atoms with Crippen LogP contribution in [0.5, 0.6) is 0 Å². The number of carbonyl (C=O) groups excluding carboxylic acids is 1. The van der Waals surface area contributed by atoms with Gasteiger partial charge in [0.15, 0.2) is 0 Å². The minimum absolute atomic E-state index is 0.311. The molecule has 3 fully saturated rings. The molecule has 3 N–H and O–H groups in total. The summed E-state index contributed by atoms with van der Waals surface area (Å²) in [5, 5.41) is 2.88. The predicted molar refractivity (Wildman–Crippen MR) is 66.6 cm³/mol. The molecule has 98 valence electrons. The van der Waals surface area contributed by atoms with Gasteiger partial charge in [0.1, 0.15) is 5.60 Å². The normalized spacial score (nSPS) is 35.3. The van der Waals surface area contributed by atoms with E-state index in [1.54, 1.807) is 0 Å². The van der Waals surface area contributed by atoms with Gasteiger partial charge in [-0.25, -0.2) is 4.79 Å². The minimum atomic E-state index is -0.423. The third-order valence-electron chi connectivity index (χ3n) is 4.17. The Labute approximate surface area is 103 Å². The second-order valence-corrected chi connectivity index (χ2v) is 6.66. The number of hydrogen-bond acceptors (Lipinski definition) is 3. The van der Waals surface area contributed by atoms with Crippen LogP contribution in [0.1, 0.15) is 40.0 Å². The average Bonchev–Trinajstić information content (AvgIpc) is 2.64. The lowest BCUT2D eigenvalue weighted by Gasteiger charge is -2.40. The molecule has 0 aliphatic heterocycles. The van der Waals surface area contributed by atoms with Crippen LogP contribution in [0.4, 0.5) is 4.79 Å². The van der Waals surface area contributed by atoms with Crippen LogP contribution in [0, 0.1) is 17.3 Å². The van der Waals surface area contributed by atoms with Crippen molar-refractivity contribution in [1.29, 1.82) is 0 Å². The molecule has 1 amide bonds.